The Morgan fingerprint density at radius 2 is 2.50 bits per heavy atom. The van der Waals surface area contributed by atoms with Crippen LogP contribution in [0, 0.1) is 0 Å². The van der Waals surface area contributed by atoms with E-state index in [2.05, 4.69) is 21.0 Å². The highest BCUT2D eigenvalue weighted by Crippen LogP contribution is 2.25. The second kappa shape index (κ2) is 2.56. The van der Waals surface area contributed by atoms with Crippen LogP contribution >= 0.6 is 27.3 Å². The van der Waals surface area contributed by atoms with Crippen LogP contribution in [0.4, 0.5) is 0 Å². The summed E-state index contributed by atoms with van der Waals surface area (Å²) >= 11 is 4.60. The summed E-state index contributed by atoms with van der Waals surface area (Å²) in [5.74, 6) is -0.945. The minimum Gasteiger partial charge on any atom is -0.478 e. The van der Waals surface area contributed by atoms with Gasteiger partial charge in [0, 0.05) is 0 Å². The van der Waals surface area contributed by atoms with Gasteiger partial charge < -0.3 is 5.11 Å². The SMILES string of the molecule is O=C(O)c1cnn2cc(Br)sc12. The van der Waals surface area contributed by atoms with Crippen LogP contribution in [0.5, 0.6) is 0 Å². The number of aromatic carboxylic acids is 1. The van der Waals surface area contributed by atoms with Crippen molar-refractivity contribution >= 4 is 38.1 Å². The van der Waals surface area contributed by atoms with Crippen LogP contribution in [0.2, 0.25) is 0 Å². The van der Waals surface area contributed by atoms with Crippen molar-refractivity contribution in [3.8, 4) is 0 Å². The van der Waals surface area contributed by atoms with Gasteiger partial charge in [-0.05, 0) is 15.9 Å². The van der Waals surface area contributed by atoms with Crippen LogP contribution in [0.3, 0.4) is 0 Å². The molecule has 0 bridgehead atoms. The fourth-order valence-corrected chi connectivity index (χ4v) is 2.34. The Bertz CT molecular complexity index is 447. The van der Waals surface area contributed by atoms with Crippen LogP contribution < -0.4 is 0 Å². The standard InChI is InChI=1S/C6H3BrN2O2S/c7-4-2-9-5(12-4)3(1-8-9)6(10)11/h1-2H,(H,10,11). The second-order valence-corrected chi connectivity index (χ2v) is 4.56. The fraction of sp³-hybridized carbons (Fsp3) is 0. The van der Waals surface area contributed by atoms with Crippen LogP contribution in [-0.4, -0.2) is 20.7 Å². The first-order chi connectivity index (χ1) is 5.68. The minimum absolute atomic E-state index is 0.241. The van der Waals surface area contributed by atoms with Gasteiger partial charge in [-0.25, -0.2) is 9.31 Å². The van der Waals surface area contributed by atoms with Crippen molar-refractivity contribution in [1.82, 2.24) is 9.61 Å². The number of thiazole rings is 1. The molecule has 62 valence electrons. The van der Waals surface area contributed by atoms with Crippen LogP contribution in [0.1, 0.15) is 10.4 Å². The van der Waals surface area contributed by atoms with Crippen molar-refractivity contribution in [2.45, 2.75) is 0 Å². The van der Waals surface area contributed by atoms with E-state index in [1.165, 1.54) is 22.0 Å². The molecule has 2 aromatic rings. The molecule has 0 aliphatic heterocycles. The summed E-state index contributed by atoms with van der Waals surface area (Å²) in [7, 11) is 0. The summed E-state index contributed by atoms with van der Waals surface area (Å²) in [5, 5.41) is 12.6. The van der Waals surface area contributed by atoms with Gasteiger partial charge in [0.1, 0.15) is 10.4 Å². The molecule has 0 aromatic carbocycles. The normalized spacial score (nSPS) is 10.8. The van der Waals surface area contributed by atoms with Crippen molar-refractivity contribution < 1.29 is 9.90 Å². The van der Waals surface area contributed by atoms with Crippen molar-refractivity contribution in [2.75, 3.05) is 0 Å². The van der Waals surface area contributed by atoms with E-state index in [1.54, 1.807) is 6.20 Å². The summed E-state index contributed by atoms with van der Waals surface area (Å²) in [6, 6.07) is 0. The van der Waals surface area contributed by atoms with E-state index < -0.39 is 5.97 Å². The number of halogens is 1. The smallest absolute Gasteiger partial charge is 0.340 e. The topological polar surface area (TPSA) is 54.6 Å². The second-order valence-electron chi connectivity index (χ2n) is 2.15. The Morgan fingerprint density at radius 3 is 3.17 bits per heavy atom. The Morgan fingerprint density at radius 1 is 1.75 bits per heavy atom. The molecular formula is C6H3BrN2O2S. The molecule has 0 spiro atoms. The van der Waals surface area contributed by atoms with Gasteiger partial charge in [-0.1, -0.05) is 0 Å². The number of carboxylic acids is 1. The number of nitrogens with zero attached hydrogens (tertiary/aromatic N) is 2. The van der Waals surface area contributed by atoms with Crippen molar-refractivity contribution in [2.24, 2.45) is 0 Å². The van der Waals surface area contributed by atoms with Crippen LogP contribution in [0.15, 0.2) is 16.2 Å². The molecule has 6 heteroatoms. The molecule has 0 atom stereocenters. The average molecular weight is 247 g/mol. The zero-order valence-electron chi connectivity index (χ0n) is 5.69. The van der Waals surface area contributed by atoms with Crippen LogP contribution in [0.25, 0.3) is 4.83 Å². The van der Waals surface area contributed by atoms with E-state index in [1.807, 2.05) is 0 Å². The summed E-state index contributed by atoms with van der Waals surface area (Å²) in [6.07, 6.45) is 3.08. The third kappa shape index (κ3) is 1.03. The average Bonchev–Trinajstić information content (AvgIpc) is 2.43. The highest BCUT2D eigenvalue weighted by Gasteiger charge is 2.12. The molecule has 0 aliphatic rings. The zero-order valence-corrected chi connectivity index (χ0v) is 8.09. The molecule has 0 aliphatic carbocycles. The number of hydrogen-bond donors (Lipinski definition) is 1. The number of carbonyl (C=O) groups is 1. The monoisotopic (exact) mass is 246 g/mol. The molecule has 0 fully saturated rings. The fourth-order valence-electron chi connectivity index (χ4n) is 0.906. The Hall–Kier alpha value is -0.880. The quantitative estimate of drug-likeness (QED) is 0.836. The number of hydrogen-bond acceptors (Lipinski definition) is 3. The lowest BCUT2D eigenvalue weighted by Gasteiger charge is -1.82. The molecule has 12 heavy (non-hydrogen) atoms. The molecule has 0 radical (unpaired) electrons. The number of carboxylic acid groups (broad SMARTS) is 1. The van der Waals surface area contributed by atoms with Crippen molar-refractivity contribution in [3.05, 3.63) is 21.7 Å². The van der Waals surface area contributed by atoms with Gasteiger partial charge in [0.25, 0.3) is 0 Å². The summed E-state index contributed by atoms with van der Waals surface area (Å²) in [6.45, 7) is 0. The van der Waals surface area contributed by atoms with E-state index >= 15 is 0 Å². The zero-order chi connectivity index (χ0) is 8.72. The maximum atomic E-state index is 10.6. The number of rotatable bonds is 1. The van der Waals surface area contributed by atoms with E-state index in [-0.39, 0.29) is 5.56 Å². The molecule has 2 heterocycles. The maximum absolute atomic E-state index is 10.6. The molecule has 0 saturated carbocycles. The molecule has 2 aromatic heterocycles. The van der Waals surface area contributed by atoms with E-state index in [0.29, 0.717) is 4.83 Å². The number of fused-ring (bicyclic) bond motifs is 1. The molecular weight excluding hydrogens is 244 g/mol. The highest BCUT2D eigenvalue weighted by atomic mass is 79.9. The molecule has 0 saturated heterocycles. The van der Waals surface area contributed by atoms with Crippen molar-refractivity contribution in [3.63, 3.8) is 0 Å². The van der Waals surface area contributed by atoms with Gasteiger partial charge in [-0.15, -0.1) is 11.3 Å². The third-order valence-electron chi connectivity index (χ3n) is 1.40. The van der Waals surface area contributed by atoms with E-state index in [9.17, 15) is 4.79 Å². The van der Waals surface area contributed by atoms with Gasteiger partial charge in [-0.2, -0.15) is 5.10 Å². The molecule has 2 rings (SSSR count). The van der Waals surface area contributed by atoms with Gasteiger partial charge in [0.05, 0.1) is 16.2 Å². The van der Waals surface area contributed by atoms with Crippen molar-refractivity contribution in [1.29, 1.82) is 0 Å². The van der Waals surface area contributed by atoms with Gasteiger partial charge in [0.15, 0.2) is 0 Å². The Balaban J connectivity index is 2.76. The first-order valence-electron chi connectivity index (χ1n) is 3.04. The maximum Gasteiger partial charge on any atom is 0.340 e. The van der Waals surface area contributed by atoms with E-state index in [0.717, 1.165) is 3.79 Å². The molecule has 4 nitrogen and oxygen atoms in total. The summed E-state index contributed by atoms with van der Waals surface area (Å²) < 4.78 is 2.41. The predicted molar refractivity (Wildman–Crippen MR) is 47.7 cm³/mol. The summed E-state index contributed by atoms with van der Waals surface area (Å²) in [5.41, 5.74) is 0.241. The lowest BCUT2D eigenvalue weighted by Crippen LogP contribution is -1.92. The van der Waals surface area contributed by atoms with Crippen LogP contribution in [-0.2, 0) is 0 Å². The predicted octanol–water partition coefficient (Wildman–Crippen LogP) is 1.86. The van der Waals surface area contributed by atoms with E-state index in [4.69, 9.17) is 5.11 Å². The summed E-state index contributed by atoms with van der Waals surface area (Å²) in [4.78, 5) is 11.3. The van der Waals surface area contributed by atoms with Gasteiger partial charge in [-0.3, -0.25) is 0 Å². The largest absolute Gasteiger partial charge is 0.478 e. The third-order valence-corrected chi connectivity index (χ3v) is 2.99. The Labute approximate surface area is 79.6 Å². The lowest BCUT2D eigenvalue weighted by molar-refractivity contribution is 0.0699. The highest BCUT2D eigenvalue weighted by molar-refractivity contribution is 9.11. The first kappa shape index (κ1) is 7.75. The molecule has 0 unspecified atom stereocenters. The molecule has 1 N–H and O–H groups in total. The lowest BCUT2D eigenvalue weighted by atomic mass is 10.4. The number of aromatic nitrogens is 2. The molecule has 0 amide bonds. The first-order valence-corrected chi connectivity index (χ1v) is 4.65. The minimum atomic E-state index is -0.945. The van der Waals surface area contributed by atoms with Gasteiger partial charge >= 0.3 is 5.97 Å². The Kier molecular flexibility index (Phi) is 1.66. The van der Waals surface area contributed by atoms with Gasteiger partial charge in [0.2, 0.25) is 0 Å².